The molecule has 0 spiro atoms. The lowest BCUT2D eigenvalue weighted by Gasteiger charge is -2.18. The van der Waals surface area contributed by atoms with Gasteiger partial charge in [0, 0.05) is 11.0 Å². The quantitative estimate of drug-likeness (QED) is 0.877. The second-order valence-corrected chi connectivity index (χ2v) is 6.55. The van der Waals surface area contributed by atoms with Gasteiger partial charge in [0.1, 0.15) is 5.69 Å². The summed E-state index contributed by atoms with van der Waals surface area (Å²) in [7, 11) is 3.18. The lowest BCUT2D eigenvalue weighted by molar-refractivity contribution is -0.123. The average Bonchev–Trinajstić information content (AvgIpc) is 2.95. The zero-order chi connectivity index (χ0) is 17.9. The fourth-order valence-electron chi connectivity index (χ4n) is 2.26. The van der Waals surface area contributed by atoms with Crippen LogP contribution in [-0.2, 0) is 11.2 Å². The third-order valence-corrected chi connectivity index (χ3v) is 3.77. The first-order valence-electron chi connectivity index (χ1n) is 7.92. The molecule has 0 saturated carbocycles. The molecule has 1 amide bonds. The summed E-state index contributed by atoms with van der Waals surface area (Å²) >= 11 is 0. The number of hydrogen-bond donors (Lipinski definition) is 2. The van der Waals surface area contributed by atoms with E-state index in [2.05, 4.69) is 15.5 Å². The van der Waals surface area contributed by atoms with Crippen molar-refractivity contribution in [3.63, 3.8) is 0 Å². The van der Waals surface area contributed by atoms with Crippen LogP contribution in [-0.4, -0.2) is 30.3 Å². The first-order chi connectivity index (χ1) is 11.3. The summed E-state index contributed by atoms with van der Waals surface area (Å²) in [5.41, 5.74) is 2.64. The molecule has 0 unspecified atom stereocenters. The van der Waals surface area contributed by atoms with Gasteiger partial charge in [0.2, 0.25) is 5.91 Å². The van der Waals surface area contributed by atoms with E-state index in [4.69, 9.17) is 9.47 Å². The Balaban J connectivity index is 2.48. The highest BCUT2D eigenvalue weighted by molar-refractivity contribution is 5.98. The Morgan fingerprint density at radius 2 is 1.88 bits per heavy atom. The highest BCUT2D eigenvalue weighted by Gasteiger charge is 2.25. The van der Waals surface area contributed by atoms with Crippen LogP contribution in [0.3, 0.4) is 0 Å². The Kier molecular flexibility index (Phi) is 5.17. The molecule has 0 aliphatic carbocycles. The Hall–Kier alpha value is -2.50. The molecule has 0 aliphatic rings. The van der Waals surface area contributed by atoms with Gasteiger partial charge in [-0.25, -0.2) is 0 Å². The van der Waals surface area contributed by atoms with E-state index < -0.39 is 5.41 Å². The van der Waals surface area contributed by atoms with Crippen LogP contribution in [0.4, 0.5) is 5.69 Å². The number of H-pyrrole nitrogens is 1. The third kappa shape index (κ3) is 3.53. The summed E-state index contributed by atoms with van der Waals surface area (Å²) in [6.07, 6.45) is 0.736. The summed E-state index contributed by atoms with van der Waals surface area (Å²) in [6, 6.07) is 5.56. The summed E-state index contributed by atoms with van der Waals surface area (Å²) < 4.78 is 10.6. The summed E-state index contributed by atoms with van der Waals surface area (Å²) in [6.45, 7) is 7.65. The van der Waals surface area contributed by atoms with E-state index >= 15 is 0 Å². The highest BCUT2D eigenvalue weighted by atomic mass is 16.5. The van der Waals surface area contributed by atoms with Crippen LogP contribution < -0.4 is 14.8 Å². The van der Waals surface area contributed by atoms with E-state index in [1.165, 1.54) is 0 Å². The number of nitrogens with one attached hydrogen (secondary N) is 2. The molecule has 6 heteroatoms. The first kappa shape index (κ1) is 17.8. The van der Waals surface area contributed by atoms with Crippen LogP contribution in [0.1, 0.15) is 33.4 Å². The predicted molar refractivity (Wildman–Crippen MR) is 94.6 cm³/mol. The number of aryl methyl sites for hydroxylation is 1. The molecule has 0 fully saturated rings. The summed E-state index contributed by atoms with van der Waals surface area (Å²) in [5, 5.41) is 10.4. The van der Waals surface area contributed by atoms with E-state index in [1.54, 1.807) is 14.2 Å². The maximum Gasteiger partial charge on any atom is 0.229 e. The van der Waals surface area contributed by atoms with Crippen molar-refractivity contribution in [2.24, 2.45) is 5.41 Å². The second kappa shape index (κ2) is 6.95. The highest BCUT2D eigenvalue weighted by Crippen LogP contribution is 2.36. The molecule has 2 rings (SSSR count). The largest absolute Gasteiger partial charge is 0.493 e. The number of rotatable bonds is 5. The first-order valence-corrected chi connectivity index (χ1v) is 7.92. The maximum absolute atomic E-state index is 12.4. The number of aromatic amines is 1. The molecule has 24 heavy (non-hydrogen) atoms. The van der Waals surface area contributed by atoms with Crippen molar-refractivity contribution in [3.8, 4) is 22.8 Å². The fourth-order valence-corrected chi connectivity index (χ4v) is 2.26. The van der Waals surface area contributed by atoms with Crippen molar-refractivity contribution in [3.05, 3.63) is 23.9 Å². The van der Waals surface area contributed by atoms with Gasteiger partial charge in [-0.1, -0.05) is 27.7 Å². The molecule has 1 aromatic heterocycles. The minimum Gasteiger partial charge on any atom is -0.493 e. The maximum atomic E-state index is 12.4. The number of nitrogens with zero attached hydrogens (tertiary/aromatic N) is 1. The minimum atomic E-state index is -0.489. The number of carbonyl (C=O) groups excluding carboxylic acids is 1. The molecule has 0 bridgehead atoms. The van der Waals surface area contributed by atoms with E-state index in [9.17, 15) is 4.79 Å². The zero-order valence-electron chi connectivity index (χ0n) is 15.1. The number of anilines is 1. The Morgan fingerprint density at radius 3 is 2.42 bits per heavy atom. The van der Waals surface area contributed by atoms with Gasteiger partial charge in [-0.3, -0.25) is 9.89 Å². The summed E-state index contributed by atoms with van der Waals surface area (Å²) in [4.78, 5) is 12.4. The van der Waals surface area contributed by atoms with Crippen molar-refractivity contribution in [1.29, 1.82) is 0 Å². The van der Waals surface area contributed by atoms with E-state index in [0.717, 1.165) is 17.7 Å². The molecule has 0 atom stereocenters. The van der Waals surface area contributed by atoms with Gasteiger partial charge in [0.25, 0.3) is 0 Å². The average molecular weight is 331 g/mol. The predicted octanol–water partition coefficient (Wildman–Crippen LogP) is 3.64. The van der Waals surface area contributed by atoms with Crippen LogP contribution in [0.25, 0.3) is 11.3 Å². The number of ether oxygens (including phenoxy) is 2. The van der Waals surface area contributed by atoms with Crippen LogP contribution >= 0.6 is 0 Å². The molecule has 1 heterocycles. The van der Waals surface area contributed by atoms with Crippen molar-refractivity contribution in [1.82, 2.24) is 10.2 Å². The lowest BCUT2D eigenvalue weighted by Crippen LogP contribution is -2.28. The third-order valence-electron chi connectivity index (χ3n) is 3.77. The molecule has 1 aromatic carbocycles. The monoisotopic (exact) mass is 331 g/mol. The summed E-state index contributed by atoms with van der Waals surface area (Å²) in [5.74, 6) is 1.21. The molecule has 0 aliphatic heterocycles. The number of benzene rings is 1. The van der Waals surface area contributed by atoms with Crippen LogP contribution in [0.2, 0.25) is 0 Å². The van der Waals surface area contributed by atoms with Gasteiger partial charge in [0.15, 0.2) is 11.5 Å². The van der Waals surface area contributed by atoms with Gasteiger partial charge in [-0.05, 0) is 24.6 Å². The standard InChI is InChI=1S/C18H25N3O3/c1-7-12-16(19-17(22)18(2,3)4)15(21-20-12)11-8-9-13(23-5)14(10-11)24-6/h8-10H,7H2,1-6H3,(H,19,22)(H,20,21). The van der Waals surface area contributed by atoms with Gasteiger partial charge >= 0.3 is 0 Å². The molecule has 0 saturated heterocycles. The molecular formula is C18H25N3O3. The minimum absolute atomic E-state index is 0.0553. The Labute approximate surface area is 142 Å². The van der Waals surface area contributed by atoms with Gasteiger partial charge in [-0.2, -0.15) is 5.10 Å². The molecule has 6 nitrogen and oxygen atoms in total. The topological polar surface area (TPSA) is 76.2 Å². The van der Waals surface area contributed by atoms with Crippen LogP contribution in [0.15, 0.2) is 18.2 Å². The zero-order valence-corrected chi connectivity index (χ0v) is 15.1. The van der Waals surface area contributed by atoms with Crippen molar-refractivity contribution in [2.45, 2.75) is 34.1 Å². The Morgan fingerprint density at radius 1 is 1.21 bits per heavy atom. The number of carbonyl (C=O) groups is 1. The van der Waals surface area contributed by atoms with E-state index in [1.807, 2.05) is 45.9 Å². The lowest BCUT2D eigenvalue weighted by atomic mass is 9.95. The number of amides is 1. The number of hydrogen-bond acceptors (Lipinski definition) is 4. The number of methoxy groups -OCH3 is 2. The Bertz CT molecular complexity index is 730. The van der Waals surface area contributed by atoms with Crippen molar-refractivity contribution >= 4 is 11.6 Å². The van der Waals surface area contributed by atoms with Crippen LogP contribution in [0.5, 0.6) is 11.5 Å². The second-order valence-electron chi connectivity index (χ2n) is 6.55. The molecule has 2 aromatic rings. The van der Waals surface area contributed by atoms with Gasteiger partial charge in [-0.15, -0.1) is 0 Å². The SMILES string of the molecule is CCc1[nH]nc(-c2ccc(OC)c(OC)c2)c1NC(=O)C(C)(C)C. The smallest absolute Gasteiger partial charge is 0.229 e. The fraction of sp³-hybridized carbons (Fsp3) is 0.444. The van der Waals surface area contributed by atoms with E-state index in [-0.39, 0.29) is 5.91 Å². The molecule has 0 radical (unpaired) electrons. The molecule has 2 N–H and O–H groups in total. The molecular weight excluding hydrogens is 306 g/mol. The molecule has 130 valence electrons. The van der Waals surface area contributed by atoms with Crippen molar-refractivity contribution in [2.75, 3.05) is 19.5 Å². The van der Waals surface area contributed by atoms with E-state index in [0.29, 0.717) is 22.9 Å². The number of aromatic nitrogens is 2. The normalized spacial score (nSPS) is 11.2. The van der Waals surface area contributed by atoms with Gasteiger partial charge in [0.05, 0.1) is 25.6 Å². The van der Waals surface area contributed by atoms with Crippen LogP contribution in [0, 0.1) is 5.41 Å². The van der Waals surface area contributed by atoms with Crippen molar-refractivity contribution < 1.29 is 14.3 Å². The van der Waals surface area contributed by atoms with Gasteiger partial charge < -0.3 is 14.8 Å².